The van der Waals surface area contributed by atoms with Crippen molar-refractivity contribution < 1.29 is 9.90 Å². The van der Waals surface area contributed by atoms with Crippen molar-refractivity contribution >= 4 is 23.3 Å². The summed E-state index contributed by atoms with van der Waals surface area (Å²) in [5, 5.41) is 10.0. The Kier molecular flexibility index (Phi) is 3.53. The summed E-state index contributed by atoms with van der Waals surface area (Å²) in [6.45, 7) is 5.21. The number of aryl methyl sites for hydroxylation is 1. The Labute approximate surface area is 112 Å². The van der Waals surface area contributed by atoms with Gasteiger partial charge in [0.1, 0.15) is 0 Å². The van der Waals surface area contributed by atoms with Crippen LogP contribution in [0.1, 0.15) is 25.3 Å². The molecule has 3 nitrogen and oxygen atoms in total. The molecule has 1 aliphatic rings. The highest BCUT2D eigenvalue weighted by Gasteiger charge is 2.37. The van der Waals surface area contributed by atoms with Crippen molar-refractivity contribution in [2.45, 2.75) is 26.7 Å². The highest BCUT2D eigenvalue weighted by Crippen LogP contribution is 2.33. The van der Waals surface area contributed by atoms with Crippen LogP contribution in [0.25, 0.3) is 0 Å². The molecule has 0 aromatic heterocycles. The second-order valence-corrected chi connectivity index (χ2v) is 5.73. The van der Waals surface area contributed by atoms with Gasteiger partial charge in [-0.1, -0.05) is 17.7 Å². The van der Waals surface area contributed by atoms with Crippen LogP contribution >= 0.6 is 11.6 Å². The van der Waals surface area contributed by atoms with E-state index in [2.05, 4.69) is 4.90 Å². The van der Waals surface area contributed by atoms with Gasteiger partial charge in [0.2, 0.25) is 0 Å². The van der Waals surface area contributed by atoms with Crippen molar-refractivity contribution in [3.8, 4) is 0 Å². The van der Waals surface area contributed by atoms with Gasteiger partial charge in [-0.25, -0.2) is 0 Å². The van der Waals surface area contributed by atoms with Gasteiger partial charge >= 0.3 is 5.97 Å². The summed E-state index contributed by atoms with van der Waals surface area (Å²) in [7, 11) is 0. The Hall–Kier alpha value is -1.22. The van der Waals surface area contributed by atoms with E-state index >= 15 is 0 Å². The SMILES string of the molecule is Cc1ccc(N2CCCC(C)(C(=O)O)C2)cc1Cl. The topological polar surface area (TPSA) is 40.5 Å². The zero-order valence-corrected chi connectivity index (χ0v) is 11.5. The molecule has 0 aliphatic carbocycles. The monoisotopic (exact) mass is 267 g/mol. The lowest BCUT2D eigenvalue weighted by Gasteiger charge is -2.39. The third kappa shape index (κ3) is 2.46. The second-order valence-electron chi connectivity index (χ2n) is 5.32. The molecule has 4 heteroatoms. The average molecular weight is 268 g/mol. The number of benzene rings is 1. The van der Waals surface area contributed by atoms with Crippen LogP contribution in [0, 0.1) is 12.3 Å². The maximum absolute atomic E-state index is 11.3. The maximum atomic E-state index is 11.3. The molecule has 18 heavy (non-hydrogen) atoms. The first-order valence-electron chi connectivity index (χ1n) is 6.17. The van der Waals surface area contributed by atoms with E-state index in [4.69, 9.17) is 11.6 Å². The molecule has 98 valence electrons. The molecule has 1 N–H and O–H groups in total. The molecule has 2 rings (SSSR count). The van der Waals surface area contributed by atoms with Crippen LogP contribution in [0.15, 0.2) is 18.2 Å². The Bertz CT molecular complexity index is 475. The summed E-state index contributed by atoms with van der Waals surface area (Å²) < 4.78 is 0. The van der Waals surface area contributed by atoms with E-state index in [1.165, 1.54) is 0 Å². The Balaban J connectivity index is 2.23. The predicted molar refractivity (Wildman–Crippen MR) is 73.4 cm³/mol. The van der Waals surface area contributed by atoms with Gasteiger partial charge in [-0.3, -0.25) is 4.79 Å². The molecule has 0 spiro atoms. The normalized spacial score (nSPS) is 24.1. The molecule has 1 atom stereocenters. The highest BCUT2D eigenvalue weighted by molar-refractivity contribution is 6.31. The van der Waals surface area contributed by atoms with Gasteiger partial charge in [0.05, 0.1) is 5.41 Å². The predicted octanol–water partition coefficient (Wildman–Crippen LogP) is 3.34. The van der Waals surface area contributed by atoms with E-state index in [1.54, 1.807) is 0 Å². The Morgan fingerprint density at radius 1 is 1.50 bits per heavy atom. The van der Waals surface area contributed by atoms with Crippen LogP contribution in [0.5, 0.6) is 0 Å². The van der Waals surface area contributed by atoms with Gasteiger partial charge in [-0.15, -0.1) is 0 Å². The van der Waals surface area contributed by atoms with Crippen molar-refractivity contribution in [2.24, 2.45) is 5.41 Å². The number of carbonyl (C=O) groups is 1. The molecule has 1 aromatic rings. The van der Waals surface area contributed by atoms with Crippen LogP contribution in [0.3, 0.4) is 0 Å². The number of halogens is 1. The number of anilines is 1. The van der Waals surface area contributed by atoms with E-state index in [0.717, 1.165) is 35.7 Å². The lowest BCUT2D eigenvalue weighted by Crippen LogP contribution is -2.46. The minimum atomic E-state index is -0.717. The third-order valence-electron chi connectivity index (χ3n) is 3.73. The minimum Gasteiger partial charge on any atom is -0.481 e. The van der Waals surface area contributed by atoms with Crippen molar-refractivity contribution in [3.05, 3.63) is 28.8 Å². The van der Waals surface area contributed by atoms with Crippen LogP contribution in [0.2, 0.25) is 5.02 Å². The summed E-state index contributed by atoms with van der Waals surface area (Å²) >= 11 is 6.12. The van der Waals surface area contributed by atoms with E-state index in [0.29, 0.717) is 6.54 Å². The summed E-state index contributed by atoms with van der Waals surface area (Å²) in [5.41, 5.74) is 1.39. The smallest absolute Gasteiger partial charge is 0.311 e. The number of carboxylic acids is 1. The van der Waals surface area contributed by atoms with Crippen LogP contribution in [-0.4, -0.2) is 24.2 Å². The van der Waals surface area contributed by atoms with Crippen LogP contribution in [0.4, 0.5) is 5.69 Å². The van der Waals surface area contributed by atoms with Crippen molar-refractivity contribution in [3.63, 3.8) is 0 Å². The molecule has 0 amide bonds. The fraction of sp³-hybridized carbons (Fsp3) is 0.500. The largest absolute Gasteiger partial charge is 0.481 e. The van der Waals surface area contributed by atoms with E-state index in [9.17, 15) is 9.90 Å². The summed E-state index contributed by atoms with van der Waals surface area (Å²) in [6.07, 6.45) is 1.63. The maximum Gasteiger partial charge on any atom is 0.311 e. The van der Waals surface area contributed by atoms with E-state index in [1.807, 2.05) is 32.0 Å². The molecule has 1 aliphatic heterocycles. The lowest BCUT2D eigenvalue weighted by molar-refractivity contribution is -0.148. The molecule has 0 bridgehead atoms. The third-order valence-corrected chi connectivity index (χ3v) is 4.14. The molecule has 1 unspecified atom stereocenters. The minimum absolute atomic E-state index is 0.543. The number of hydrogen-bond acceptors (Lipinski definition) is 2. The first kappa shape index (κ1) is 13.2. The molecule has 0 saturated carbocycles. The summed E-state index contributed by atoms with van der Waals surface area (Å²) in [4.78, 5) is 13.4. The molecule has 1 aromatic carbocycles. The second kappa shape index (κ2) is 4.81. The molecular formula is C14H18ClNO2. The molecule has 1 heterocycles. The van der Waals surface area contributed by atoms with Gasteiger partial charge in [-0.05, 0) is 44.4 Å². The Morgan fingerprint density at radius 3 is 2.83 bits per heavy atom. The number of nitrogens with zero attached hydrogens (tertiary/aromatic N) is 1. The van der Waals surface area contributed by atoms with Crippen molar-refractivity contribution in [1.82, 2.24) is 0 Å². The van der Waals surface area contributed by atoms with Crippen LogP contribution < -0.4 is 4.90 Å². The van der Waals surface area contributed by atoms with Gasteiger partial charge < -0.3 is 10.0 Å². The molecule has 1 fully saturated rings. The number of piperidine rings is 1. The summed E-state index contributed by atoms with van der Waals surface area (Å²) in [5.74, 6) is -0.717. The zero-order valence-electron chi connectivity index (χ0n) is 10.7. The molecule has 0 radical (unpaired) electrons. The number of aliphatic carboxylic acids is 1. The number of rotatable bonds is 2. The zero-order chi connectivity index (χ0) is 13.3. The van der Waals surface area contributed by atoms with E-state index < -0.39 is 11.4 Å². The van der Waals surface area contributed by atoms with Crippen molar-refractivity contribution in [1.29, 1.82) is 0 Å². The fourth-order valence-corrected chi connectivity index (χ4v) is 2.59. The average Bonchev–Trinajstić information content (AvgIpc) is 2.32. The highest BCUT2D eigenvalue weighted by atomic mass is 35.5. The first-order chi connectivity index (χ1) is 8.42. The van der Waals surface area contributed by atoms with Gasteiger partial charge in [0.25, 0.3) is 0 Å². The standard InChI is InChI=1S/C14H18ClNO2/c1-10-4-5-11(8-12(10)15)16-7-3-6-14(2,9-16)13(17)18/h4-5,8H,3,6-7,9H2,1-2H3,(H,17,18). The van der Waals surface area contributed by atoms with Gasteiger partial charge in [0.15, 0.2) is 0 Å². The van der Waals surface area contributed by atoms with Gasteiger partial charge in [0, 0.05) is 23.8 Å². The van der Waals surface area contributed by atoms with E-state index in [-0.39, 0.29) is 0 Å². The summed E-state index contributed by atoms with van der Waals surface area (Å²) in [6, 6.07) is 5.91. The van der Waals surface area contributed by atoms with Crippen molar-refractivity contribution in [2.75, 3.05) is 18.0 Å². The number of carboxylic acid groups (broad SMARTS) is 1. The lowest BCUT2D eigenvalue weighted by atomic mass is 9.82. The fourth-order valence-electron chi connectivity index (χ4n) is 2.41. The quantitative estimate of drug-likeness (QED) is 0.893. The van der Waals surface area contributed by atoms with Gasteiger partial charge in [-0.2, -0.15) is 0 Å². The van der Waals surface area contributed by atoms with Crippen LogP contribution in [-0.2, 0) is 4.79 Å². The number of hydrogen-bond donors (Lipinski definition) is 1. The Morgan fingerprint density at radius 2 is 2.22 bits per heavy atom. The molecular weight excluding hydrogens is 250 g/mol. The molecule has 1 saturated heterocycles. The first-order valence-corrected chi connectivity index (χ1v) is 6.55.